The number of ketones is 2. The SMILES string of the molecule is COC(C(=O)N1C(=O)OCC1C(C)C)C(OC(C)=O)C(=O)C=C(C(=O)CCCOCCO)c1cccc(C)c1. The van der Waals surface area contributed by atoms with E-state index in [0.29, 0.717) is 12.0 Å². The molecule has 0 bridgehead atoms. The third-order valence-corrected chi connectivity index (χ3v) is 6.10. The first-order valence-corrected chi connectivity index (χ1v) is 12.8. The molecule has 214 valence electrons. The Bertz CT molecular complexity index is 1080. The van der Waals surface area contributed by atoms with Crippen molar-refractivity contribution in [2.45, 2.75) is 58.8 Å². The van der Waals surface area contributed by atoms with Crippen molar-refractivity contribution in [1.82, 2.24) is 4.90 Å². The number of ether oxygens (including phenoxy) is 4. The van der Waals surface area contributed by atoms with E-state index in [1.807, 2.05) is 13.0 Å². The zero-order chi connectivity index (χ0) is 29.1. The van der Waals surface area contributed by atoms with E-state index in [1.54, 1.807) is 32.0 Å². The van der Waals surface area contributed by atoms with Gasteiger partial charge in [0.2, 0.25) is 0 Å². The van der Waals surface area contributed by atoms with Crippen LogP contribution < -0.4 is 0 Å². The summed E-state index contributed by atoms with van der Waals surface area (Å²) in [5.74, 6) is -3.12. The van der Waals surface area contributed by atoms with Crippen molar-refractivity contribution in [2.24, 2.45) is 5.92 Å². The van der Waals surface area contributed by atoms with Crippen LogP contribution in [0.25, 0.3) is 5.57 Å². The molecular weight excluding hydrogens is 510 g/mol. The van der Waals surface area contributed by atoms with Gasteiger partial charge in [-0.15, -0.1) is 0 Å². The molecule has 3 unspecified atom stereocenters. The van der Waals surface area contributed by atoms with E-state index in [4.69, 9.17) is 24.1 Å². The van der Waals surface area contributed by atoms with Crippen LogP contribution in [-0.4, -0.2) is 91.3 Å². The maximum atomic E-state index is 13.6. The van der Waals surface area contributed by atoms with Gasteiger partial charge in [-0.1, -0.05) is 43.7 Å². The molecule has 1 aromatic carbocycles. The van der Waals surface area contributed by atoms with Crippen molar-refractivity contribution in [3.63, 3.8) is 0 Å². The van der Waals surface area contributed by atoms with E-state index in [-0.39, 0.29) is 50.1 Å². The van der Waals surface area contributed by atoms with Crippen LogP contribution >= 0.6 is 0 Å². The molecule has 1 heterocycles. The first-order chi connectivity index (χ1) is 18.5. The summed E-state index contributed by atoms with van der Waals surface area (Å²) in [4.78, 5) is 65.4. The minimum atomic E-state index is -1.76. The number of hydrogen-bond donors (Lipinski definition) is 1. The van der Waals surface area contributed by atoms with Crippen LogP contribution in [-0.2, 0) is 38.1 Å². The van der Waals surface area contributed by atoms with Crippen molar-refractivity contribution in [3.8, 4) is 0 Å². The lowest BCUT2D eigenvalue weighted by Gasteiger charge is -2.29. The second-order valence-corrected chi connectivity index (χ2v) is 9.48. The van der Waals surface area contributed by atoms with Gasteiger partial charge < -0.3 is 24.1 Å². The minimum Gasteiger partial charge on any atom is -0.451 e. The van der Waals surface area contributed by atoms with Crippen LogP contribution in [0.2, 0.25) is 0 Å². The number of nitrogens with zero attached hydrogens (tertiary/aromatic N) is 1. The lowest BCUT2D eigenvalue weighted by Crippen LogP contribution is -2.53. The van der Waals surface area contributed by atoms with E-state index in [9.17, 15) is 24.0 Å². The lowest BCUT2D eigenvalue weighted by molar-refractivity contribution is -0.166. The van der Waals surface area contributed by atoms with E-state index >= 15 is 0 Å². The summed E-state index contributed by atoms with van der Waals surface area (Å²) in [6.07, 6.45) is -2.88. The highest BCUT2D eigenvalue weighted by Crippen LogP contribution is 2.25. The smallest absolute Gasteiger partial charge is 0.417 e. The number of carbonyl (C=O) groups excluding carboxylic acids is 5. The molecule has 1 N–H and O–H groups in total. The highest BCUT2D eigenvalue weighted by Gasteiger charge is 2.46. The Morgan fingerprint density at radius 3 is 2.49 bits per heavy atom. The molecule has 0 aromatic heterocycles. The molecule has 3 atom stereocenters. The molecule has 1 saturated heterocycles. The van der Waals surface area contributed by atoms with Gasteiger partial charge in [-0.3, -0.25) is 19.2 Å². The van der Waals surface area contributed by atoms with Gasteiger partial charge in [-0.2, -0.15) is 0 Å². The van der Waals surface area contributed by atoms with Gasteiger partial charge in [0.15, 0.2) is 23.8 Å². The van der Waals surface area contributed by atoms with Crippen LogP contribution in [0, 0.1) is 12.8 Å². The molecule has 1 aliphatic heterocycles. The minimum absolute atomic E-state index is 0.0151. The Labute approximate surface area is 228 Å². The molecule has 11 heteroatoms. The number of hydrogen-bond acceptors (Lipinski definition) is 10. The van der Waals surface area contributed by atoms with Gasteiger partial charge in [0, 0.05) is 32.6 Å². The van der Waals surface area contributed by atoms with Gasteiger partial charge >= 0.3 is 12.1 Å². The summed E-state index contributed by atoms with van der Waals surface area (Å²) in [5, 5.41) is 8.84. The number of allylic oxidation sites excluding steroid dienone is 1. The summed E-state index contributed by atoms with van der Waals surface area (Å²) in [7, 11) is 1.15. The van der Waals surface area contributed by atoms with Crippen molar-refractivity contribution in [3.05, 3.63) is 41.5 Å². The molecular formula is C28H37NO10. The van der Waals surface area contributed by atoms with Crippen LogP contribution in [0.15, 0.2) is 30.3 Å². The number of Topliss-reactive ketones (excluding diaryl/α,β-unsaturated/α-hetero) is 1. The van der Waals surface area contributed by atoms with Crippen molar-refractivity contribution < 1.29 is 48.0 Å². The molecule has 0 radical (unpaired) electrons. The zero-order valence-electron chi connectivity index (χ0n) is 23.0. The predicted molar refractivity (Wildman–Crippen MR) is 139 cm³/mol. The first kappa shape index (κ1) is 31.8. The van der Waals surface area contributed by atoms with Crippen molar-refractivity contribution in [2.75, 3.05) is 33.5 Å². The second kappa shape index (κ2) is 15.2. The molecule has 1 aliphatic rings. The maximum absolute atomic E-state index is 13.6. The summed E-state index contributed by atoms with van der Waals surface area (Å²) in [5.41, 5.74) is 1.37. The zero-order valence-corrected chi connectivity index (χ0v) is 23.0. The summed E-state index contributed by atoms with van der Waals surface area (Å²) < 4.78 is 20.8. The third-order valence-electron chi connectivity index (χ3n) is 6.10. The fourth-order valence-electron chi connectivity index (χ4n) is 4.12. The van der Waals surface area contributed by atoms with Crippen LogP contribution in [0.4, 0.5) is 4.79 Å². The molecule has 0 spiro atoms. The number of esters is 1. The number of benzene rings is 1. The fourth-order valence-corrected chi connectivity index (χ4v) is 4.12. The monoisotopic (exact) mass is 547 g/mol. The quantitative estimate of drug-likeness (QED) is 0.197. The van der Waals surface area contributed by atoms with Crippen LogP contribution in [0.5, 0.6) is 0 Å². The number of cyclic esters (lactones) is 1. The van der Waals surface area contributed by atoms with Gasteiger partial charge in [0.25, 0.3) is 5.91 Å². The Morgan fingerprint density at radius 1 is 1.18 bits per heavy atom. The fraction of sp³-hybridized carbons (Fsp3) is 0.536. The number of aliphatic hydroxyl groups is 1. The standard InChI is InChI=1S/C28H37NO10/c1-17(2)22-16-38-28(35)29(22)27(34)26(36-5)25(39-19(4)31)24(33)15-21(20-9-6-8-18(3)14-20)23(32)10-7-12-37-13-11-30/h6,8-9,14-15,17,22,25-26,30H,7,10-13,16H2,1-5H3. The number of amides is 2. The van der Waals surface area contributed by atoms with Crippen LogP contribution in [0.3, 0.4) is 0 Å². The molecule has 1 aromatic rings. The molecule has 39 heavy (non-hydrogen) atoms. The number of imide groups is 1. The second-order valence-electron chi connectivity index (χ2n) is 9.48. The average molecular weight is 548 g/mol. The molecule has 0 aliphatic carbocycles. The molecule has 11 nitrogen and oxygen atoms in total. The highest BCUT2D eigenvalue weighted by atomic mass is 16.6. The van der Waals surface area contributed by atoms with Gasteiger partial charge in [0.05, 0.1) is 19.3 Å². The average Bonchev–Trinajstić information content (AvgIpc) is 3.28. The Kier molecular flexibility index (Phi) is 12.4. The third kappa shape index (κ3) is 8.81. The topological polar surface area (TPSA) is 146 Å². The molecule has 2 rings (SSSR count). The van der Waals surface area contributed by atoms with Crippen molar-refractivity contribution in [1.29, 1.82) is 0 Å². The Hall–Kier alpha value is -3.41. The lowest BCUT2D eigenvalue weighted by atomic mass is 9.94. The maximum Gasteiger partial charge on any atom is 0.417 e. The molecule has 0 saturated carbocycles. The van der Waals surface area contributed by atoms with Crippen molar-refractivity contribution >= 4 is 35.1 Å². The molecule has 2 amide bonds. The predicted octanol–water partition coefficient (Wildman–Crippen LogP) is 2.26. The molecule has 1 fully saturated rings. The Balaban J connectivity index is 2.44. The normalized spacial score (nSPS) is 17.1. The summed E-state index contributed by atoms with van der Waals surface area (Å²) >= 11 is 0. The van der Waals surface area contributed by atoms with Crippen LogP contribution in [0.1, 0.15) is 44.7 Å². The van der Waals surface area contributed by atoms with E-state index < -0.39 is 42.0 Å². The summed E-state index contributed by atoms with van der Waals surface area (Å²) in [6, 6.07) is 6.37. The Morgan fingerprint density at radius 2 is 1.90 bits per heavy atom. The van der Waals surface area contributed by atoms with E-state index in [2.05, 4.69) is 0 Å². The largest absolute Gasteiger partial charge is 0.451 e. The number of methoxy groups -OCH3 is 1. The number of aliphatic hydroxyl groups excluding tert-OH is 1. The number of carbonyl (C=O) groups is 5. The number of rotatable bonds is 15. The summed E-state index contributed by atoms with van der Waals surface area (Å²) in [6.45, 7) is 6.74. The van der Waals surface area contributed by atoms with E-state index in [0.717, 1.165) is 30.6 Å². The van der Waals surface area contributed by atoms with E-state index in [1.165, 1.54) is 0 Å². The first-order valence-electron chi connectivity index (χ1n) is 12.8. The van der Waals surface area contributed by atoms with Gasteiger partial charge in [-0.05, 0) is 30.9 Å². The highest BCUT2D eigenvalue weighted by molar-refractivity contribution is 6.25. The number of aryl methyl sites for hydroxylation is 1. The van der Waals surface area contributed by atoms with Gasteiger partial charge in [0.1, 0.15) is 6.61 Å². The van der Waals surface area contributed by atoms with Gasteiger partial charge in [-0.25, -0.2) is 9.69 Å².